The van der Waals surface area contributed by atoms with Gasteiger partial charge in [0.2, 0.25) is 0 Å². The summed E-state index contributed by atoms with van der Waals surface area (Å²) in [6.07, 6.45) is 11.2. The molecule has 0 amide bonds. The van der Waals surface area contributed by atoms with Crippen LogP contribution in [0.2, 0.25) is 0 Å². The highest BCUT2D eigenvalue weighted by molar-refractivity contribution is 5.87. The summed E-state index contributed by atoms with van der Waals surface area (Å²) in [6.45, 7) is 19.1. The number of ketones is 1. The quantitative estimate of drug-likeness (QED) is 0.285. The number of hydrogen-bond acceptors (Lipinski definition) is 3. The number of fused-ring (bicyclic) bond motifs is 7. The summed E-state index contributed by atoms with van der Waals surface area (Å²) in [7, 11) is 1.59. The number of Topliss-reactive ketones (excluding diaryl/α,β-unsaturated/α-hetero) is 1. The van der Waals surface area contributed by atoms with Gasteiger partial charge in [0.05, 0.1) is 12.5 Å². The van der Waals surface area contributed by atoms with Crippen molar-refractivity contribution in [3.05, 3.63) is 11.6 Å². The van der Waals surface area contributed by atoms with Gasteiger partial charge in [-0.25, -0.2) is 0 Å². The third kappa shape index (κ3) is 2.96. The molecule has 0 aliphatic heterocycles. The zero-order valence-corrected chi connectivity index (χ0v) is 23.9. The van der Waals surface area contributed by atoms with E-state index in [1.807, 2.05) is 0 Å². The molecule has 3 heteroatoms. The second kappa shape index (κ2) is 7.70. The Bertz CT molecular complexity index is 962. The predicted molar refractivity (Wildman–Crippen MR) is 141 cm³/mol. The molecule has 0 unspecified atom stereocenters. The summed E-state index contributed by atoms with van der Waals surface area (Å²) in [4.78, 5) is 26.7. The SMILES string of the molecule is COC(=O)[C@]12CC[C@@H](C)[C@H](C)[C@H]1C1=CC[C@@H]3[C@@]4(C)C[C@H](C)C(=O)C(C)(C)[C@@H]4CC[C@@]3(C)[C@]1(C)CC2. The van der Waals surface area contributed by atoms with Crippen molar-refractivity contribution < 1.29 is 14.3 Å². The van der Waals surface area contributed by atoms with E-state index in [0.717, 1.165) is 44.9 Å². The maximum Gasteiger partial charge on any atom is 0.312 e. The average molecular weight is 483 g/mol. The Hall–Kier alpha value is -1.12. The Balaban J connectivity index is 1.63. The first-order chi connectivity index (χ1) is 16.2. The molecule has 10 atom stereocenters. The second-order valence-corrected chi connectivity index (χ2v) is 15.0. The average Bonchev–Trinajstić information content (AvgIpc) is 2.79. The molecule has 4 fully saturated rings. The molecular formula is C32H50O3. The van der Waals surface area contributed by atoms with Crippen molar-refractivity contribution in [1.82, 2.24) is 0 Å². The molecule has 5 rings (SSSR count). The molecular weight excluding hydrogens is 432 g/mol. The number of esters is 1. The Kier molecular flexibility index (Phi) is 5.62. The lowest BCUT2D eigenvalue weighted by Crippen LogP contribution is -2.65. The largest absolute Gasteiger partial charge is 0.469 e. The molecule has 0 heterocycles. The molecule has 0 aromatic heterocycles. The van der Waals surface area contributed by atoms with Gasteiger partial charge in [0.15, 0.2) is 0 Å². The molecule has 0 bridgehead atoms. The van der Waals surface area contributed by atoms with Crippen molar-refractivity contribution >= 4 is 11.8 Å². The van der Waals surface area contributed by atoms with Crippen molar-refractivity contribution in [3.8, 4) is 0 Å². The number of rotatable bonds is 1. The van der Waals surface area contributed by atoms with Crippen molar-refractivity contribution in [2.75, 3.05) is 7.11 Å². The fraction of sp³-hybridized carbons (Fsp3) is 0.875. The standard InChI is InChI=1S/C32H50O3/c1-19-12-15-32(27(34)35-9)17-16-30(7)22(25(32)21(19)3)10-11-24-29(6)18-20(2)26(33)28(4,5)23(29)13-14-31(24,30)8/h10,19-21,23-25H,11-18H2,1-9H3/t19-,20+,21+,23+,24-,25+,29+,30-,31-,32+/m1/s1. The summed E-state index contributed by atoms with van der Waals surface area (Å²) in [5, 5.41) is 0. The van der Waals surface area contributed by atoms with E-state index in [2.05, 4.69) is 61.5 Å². The van der Waals surface area contributed by atoms with Gasteiger partial charge >= 0.3 is 5.97 Å². The molecule has 3 nitrogen and oxygen atoms in total. The fourth-order valence-electron chi connectivity index (χ4n) is 11.4. The van der Waals surface area contributed by atoms with Gasteiger partial charge in [-0.05, 0) is 97.2 Å². The molecule has 0 aromatic carbocycles. The summed E-state index contributed by atoms with van der Waals surface area (Å²) in [6, 6.07) is 0. The lowest BCUT2D eigenvalue weighted by molar-refractivity contribution is -0.196. The monoisotopic (exact) mass is 482 g/mol. The highest BCUT2D eigenvalue weighted by atomic mass is 16.5. The summed E-state index contributed by atoms with van der Waals surface area (Å²) < 4.78 is 5.51. The Morgan fingerprint density at radius 3 is 2.29 bits per heavy atom. The minimum atomic E-state index is -0.343. The zero-order valence-electron chi connectivity index (χ0n) is 23.9. The number of hydrogen-bond donors (Lipinski definition) is 0. The number of carbonyl (C=O) groups excluding carboxylic acids is 2. The van der Waals surface area contributed by atoms with Gasteiger partial charge in [0.1, 0.15) is 5.78 Å². The van der Waals surface area contributed by atoms with Crippen LogP contribution >= 0.6 is 0 Å². The highest BCUT2D eigenvalue weighted by Crippen LogP contribution is 2.75. The summed E-state index contributed by atoms with van der Waals surface area (Å²) in [5.41, 5.74) is 1.49. The Labute approximate surface area is 214 Å². The summed E-state index contributed by atoms with van der Waals surface area (Å²) >= 11 is 0. The Morgan fingerprint density at radius 1 is 0.943 bits per heavy atom. The van der Waals surface area contributed by atoms with Crippen LogP contribution in [0.15, 0.2) is 11.6 Å². The number of allylic oxidation sites excluding steroid dienone is 2. The molecule has 35 heavy (non-hydrogen) atoms. The minimum absolute atomic E-state index is 0.0357. The molecule has 0 spiro atoms. The van der Waals surface area contributed by atoms with E-state index in [-0.39, 0.29) is 39.0 Å². The molecule has 0 radical (unpaired) electrons. The first-order valence-corrected chi connectivity index (χ1v) is 14.5. The first kappa shape index (κ1) is 25.5. The molecule has 196 valence electrons. The van der Waals surface area contributed by atoms with Gasteiger partial charge in [0, 0.05) is 11.3 Å². The Morgan fingerprint density at radius 2 is 1.63 bits per heavy atom. The van der Waals surface area contributed by atoms with Gasteiger partial charge in [-0.1, -0.05) is 67.0 Å². The zero-order chi connectivity index (χ0) is 25.8. The van der Waals surface area contributed by atoms with Crippen molar-refractivity contribution in [2.24, 2.45) is 62.6 Å². The van der Waals surface area contributed by atoms with E-state index in [9.17, 15) is 9.59 Å². The third-order valence-corrected chi connectivity index (χ3v) is 13.5. The van der Waals surface area contributed by atoms with Crippen LogP contribution in [-0.2, 0) is 14.3 Å². The maximum atomic E-state index is 13.4. The third-order valence-electron chi connectivity index (χ3n) is 13.5. The highest BCUT2D eigenvalue weighted by Gasteiger charge is 2.70. The number of methoxy groups -OCH3 is 1. The molecule has 5 aliphatic carbocycles. The van der Waals surface area contributed by atoms with Crippen LogP contribution < -0.4 is 0 Å². The van der Waals surface area contributed by atoms with Crippen molar-refractivity contribution in [1.29, 1.82) is 0 Å². The lowest BCUT2D eigenvalue weighted by Gasteiger charge is -2.71. The molecule has 0 saturated heterocycles. The van der Waals surface area contributed by atoms with Crippen LogP contribution in [-0.4, -0.2) is 18.9 Å². The summed E-state index contributed by atoms with van der Waals surface area (Å²) in [5.74, 6) is 3.12. The maximum absolute atomic E-state index is 13.4. The molecule has 0 N–H and O–H groups in total. The van der Waals surface area contributed by atoms with E-state index in [1.54, 1.807) is 12.7 Å². The van der Waals surface area contributed by atoms with Gasteiger partial charge in [0.25, 0.3) is 0 Å². The fourth-order valence-corrected chi connectivity index (χ4v) is 11.4. The molecule has 4 saturated carbocycles. The van der Waals surface area contributed by atoms with Gasteiger partial charge in [-0.3, -0.25) is 9.59 Å². The van der Waals surface area contributed by atoms with Gasteiger partial charge in [-0.2, -0.15) is 0 Å². The molecule has 0 aromatic rings. The number of carbonyl (C=O) groups is 2. The van der Waals surface area contributed by atoms with E-state index < -0.39 is 0 Å². The lowest BCUT2D eigenvalue weighted by atomic mass is 9.33. The number of ether oxygens (including phenoxy) is 1. The van der Waals surface area contributed by atoms with Crippen LogP contribution in [0, 0.1) is 62.6 Å². The topological polar surface area (TPSA) is 43.4 Å². The van der Waals surface area contributed by atoms with Gasteiger partial charge < -0.3 is 4.74 Å². The minimum Gasteiger partial charge on any atom is -0.469 e. The van der Waals surface area contributed by atoms with Crippen molar-refractivity contribution in [3.63, 3.8) is 0 Å². The van der Waals surface area contributed by atoms with Crippen molar-refractivity contribution in [2.45, 2.75) is 107 Å². The smallest absolute Gasteiger partial charge is 0.312 e. The van der Waals surface area contributed by atoms with Crippen LogP contribution in [0.5, 0.6) is 0 Å². The molecule has 5 aliphatic rings. The van der Waals surface area contributed by atoms with E-state index in [0.29, 0.717) is 35.4 Å². The van der Waals surface area contributed by atoms with Gasteiger partial charge in [-0.15, -0.1) is 0 Å². The van der Waals surface area contributed by atoms with E-state index in [1.165, 1.54) is 6.42 Å². The van der Waals surface area contributed by atoms with Crippen LogP contribution in [0.1, 0.15) is 107 Å². The van der Waals surface area contributed by atoms with Crippen LogP contribution in [0.25, 0.3) is 0 Å². The van der Waals surface area contributed by atoms with E-state index in [4.69, 9.17) is 4.74 Å². The van der Waals surface area contributed by atoms with Crippen LogP contribution in [0.3, 0.4) is 0 Å². The van der Waals surface area contributed by atoms with Crippen LogP contribution in [0.4, 0.5) is 0 Å². The predicted octanol–water partition coefficient (Wildman–Crippen LogP) is 7.63. The normalized spacial score (nSPS) is 52.8. The van der Waals surface area contributed by atoms with E-state index >= 15 is 0 Å². The second-order valence-electron chi connectivity index (χ2n) is 15.0. The first-order valence-electron chi connectivity index (χ1n) is 14.5.